The van der Waals surface area contributed by atoms with E-state index in [0.717, 1.165) is 22.6 Å². The molecular weight excluding hydrogens is 393 g/mol. The lowest BCUT2D eigenvalue weighted by Gasteiger charge is -2.25. The molecule has 4 nitrogen and oxygen atoms in total. The molecule has 1 aromatic heterocycles. The third-order valence-corrected chi connectivity index (χ3v) is 5.20. The van der Waals surface area contributed by atoms with Crippen LogP contribution in [0.25, 0.3) is 0 Å². The fourth-order valence-electron chi connectivity index (χ4n) is 3.66. The van der Waals surface area contributed by atoms with Crippen LogP contribution in [0.2, 0.25) is 0 Å². The molecule has 1 heterocycles. The number of ether oxygens (including phenoxy) is 1. The fraction of sp³-hybridized carbons (Fsp3) is 0.346. The predicted molar refractivity (Wildman–Crippen MR) is 119 cm³/mol. The van der Waals surface area contributed by atoms with Gasteiger partial charge in [0.2, 0.25) is 5.91 Å². The van der Waals surface area contributed by atoms with E-state index in [0.29, 0.717) is 25.9 Å². The van der Waals surface area contributed by atoms with E-state index >= 15 is 0 Å². The average Bonchev–Trinajstić information content (AvgIpc) is 3.27. The van der Waals surface area contributed by atoms with Gasteiger partial charge in [-0.2, -0.15) is 0 Å². The van der Waals surface area contributed by atoms with Gasteiger partial charge in [0.25, 0.3) is 0 Å². The van der Waals surface area contributed by atoms with Gasteiger partial charge < -0.3 is 14.1 Å². The standard InChI is InChI=1S/C26H30FNO3/c1-4-26(29)28(18-24-6-5-17-30-24)16-15-25(20-7-11-22(27)12-8-20)21-9-13-23(14-10-21)31-19(2)3/h5-14,17,19,25H,4,15-16,18H2,1-3H3/t25-/m0/s1. The van der Waals surface area contributed by atoms with E-state index in [1.54, 1.807) is 6.26 Å². The molecular formula is C26H30FNO3. The van der Waals surface area contributed by atoms with Gasteiger partial charge in [-0.15, -0.1) is 0 Å². The smallest absolute Gasteiger partial charge is 0.222 e. The van der Waals surface area contributed by atoms with E-state index < -0.39 is 0 Å². The number of furan rings is 1. The molecule has 5 heteroatoms. The minimum atomic E-state index is -0.260. The maximum Gasteiger partial charge on any atom is 0.222 e. The maximum absolute atomic E-state index is 13.5. The number of benzene rings is 2. The van der Waals surface area contributed by atoms with Crippen molar-refractivity contribution in [2.45, 2.75) is 52.2 Å². The second-order valence-electron chi connectivity index (χ2n) is 7.88. The van der Waals surface area contributed by atoms with Crippen LogP contribution < -0.4 is 4.74 Å². The van der Waals surface area contributed by atoms with Crippen molar-refractivity contribution in [1.82, 2.24) is 4.90 Å². The molecule has 1 amide bonds. The molecule has 0 saturated heterocycles. The van der Waals surface area contributed by atoms with Gasteiger partial charge in [-0.1, -0.05) is 31.2 Å². The number of hydrogen-bond donors (Lipinski definition) is 0. The highest BCUT2D eigenvalue weighted by molar-refractivity contribution is 5.75. The van der Waals surface area contributed by atoms with Crippen molar-refractivity contribution in [3.63, 3.8) is 0 Å². The minimum Gasteiger partial charge on any atom is -0.491 e. The van der Waals surface area contributed by atoms with E-state index in [-0.39, 0.29) is 23.7 Å². The summed E-state index contributed by atoms with van der Waals surface area (Å²) in [6.45, 7) is 6.86. The summed E-state index contributed by atoms with van der Waals surface area (Å²) >= 11 is 0. The molecule has 0 aliphatic rings. The first-order valence-corrected chi connectivity index (χ1v) is 10.8. The van der Waals surface area contributed by atoms with Gasteiger partial charge in [0, 0.05) is 18.9 Å². The molecule has 0 saturated carbocycles. The number of rotatable bonds is 10. The lowest BCUT2D eigenvalue weighted by atomic mass is 9.88. The van der Waals surface area contributed by atoms with Crippen LogP contribution in [-0.2, 0) is 11.3 Å². The van der Waals surface area contributed by atoms with Gasteiger partial charge in [0.05, 0.1) is 18.9 Å². The molecule has 0 aliphatic heterocycles. The van der Waals surface area contributed by atoms with Crippen LogP contribution in [0.3, 0.4) is 0 Å². The van der Waals surface area contributed by atoms with E-state index in [1.807, 2.05) is 74.2 Å². The van der Waals surface area contributed by atoms with Crippen LogP contribution in [0, 0.1) is 5.82 Å². The van der Waals surface area contributed by atoms with Crippen molar-refractivity contribution < 1.29 is 18.3 Å². The number of hydrogen-bond acceptors (Lipinski definition) is 3. The molecule has 3 rings (SSSR count). The Bertz CT molecular complexity index is 934. The summed E-state index contributed by atoms with van der Waals surface area (Å²) in [7, 11) is 0. The van der Waals surface area contributed by atoms with Gasteiger partial charge in [-0.25, -0.2) is 4.39 Å². The molecule has 1 atom stereocenters. The van der Waals surface area contributed by atoms with Crippen LogP contribution in [0.15, 0.2) is 71.3 Å². The Morgan fingerprint density at radius 1 is 1.03 bits per heavy atom. The monoisotopic (exact) mass is 423 g/mol. The third-order valence-electron chi connectivity index (χ3n) is 5.20. The molecule has 0 N–H and O–H groups in total. The topological polar surface area (TPSA) is 42.7 Å². The summed E-state index contributed by atoms with van der Waals surface area (Å²) in [5.74, 6) is 1.42. The van der Waals surface area contributed by atoms with Crippen molar-refractivity contribution in [3.8, 4) is 5.75 Å². The largest absolute Gasteiger partial charge is 0.491 e. The molecule has 3 aromatic rings. The molecule has 0 bridgehead atoms. The Kier molecular flexibility index (Phi) is 7.88. The minimum absolute atomic E-state index is 0.0254. The summed E-state index contributed by atoms with van der Waals surface area (Å²) in [5, 5.41) is 0. The Balaban J connectivity index is 1.81. The van der Waals surface area contributed by atoms with Crippen molar-refractivity contribution in [2.75, 3.05) is 6.54 Å². The highest BCUT2D eigenvalue weighted by atomic mass is 19.1. The van der Waals surface area contributed by atoms with Gasteiger partial charge in [-0.05, 0) is 67.8 Å². The summed E-state index contributed by atoms with van der Waals surface area (Å²) in [4.78, 5) is 14.4. The second kappa shape index (κ2) is 10.8. The zero-order valence-electron chi connectivity index (χ0n) is 18.4. The molecule has 0 aliphatic carbocycles. The number of amides is 1. The lowest BCUT2D eigenvalue weighted by Crippen LogP contribution is -2.31. The van der Waals surface area contributed by atoms with Crippen molar-refractivity contribution in [2.24, 2.45) is 0 Å². The van der Waals surface area contributed by atoms with Gasteiger partial charge in [0.15, 0.2) is 0 Å². The molecule has 0 radical (unpaired) electrons. The highest BCUT2D eigenvalue weighted by Gasteiger charge is 2.19. The normalized spacial score (nSPS) is 12.0. The van der Waals surface area contributed by atoms with Crippen LogP contribution in [0.5, 0.6) is 5.75 Å². The van der Waals surface area contributed by atoms with E-state index in [2.05, 4.69) is 0 Å². The molecule has 31 heavy (non-hydrogen) atoms. The summed E-state index contributed by atoms with van der Waals surface area (Å²) < 4.78 is 24.7. The van der Waals surface area contributed by atoms with Crippen LogP contribution >= 0.6 is 0 Å². The van der Waals surface area contributed by atoms with Crippen LogP contribution in [0.1, 0.15) is 56.4 Å². The molecule has 0 spiro atoms. The summed E-state index contributed by atoms with van der Waals surface area (Å²) in [6.07, 6.45) is 2.87. The van der Waals surface area contributed by atoms with Gasteiger partial charge >= 0.3 is 0 Å². The number of carbonyl (C=O) groups excluding carboxylic acids is 1. The van der Waals surface area contributed by atoms with E-state index in [9.17, 15) is 9.18 Å². The summed E-state index contributed by atoms with van der Waals surface area (Å²) in [6, 6.07) is 18.3. The molecule has 164 valence electrons. The first kappa shape index (κ1) is 22.6. The molecule has 0 fully saturated rings. The highest BCUT2D eigenvalue weighted by Crippen LogP contribution is 2.30. The lowest BCUT2D eigenvalue weighted by molar-refractivity contribution is -0.131. The van der Waals surface area contributed by atoms with Crippen molar-refractivity contribution in [3.05, 3.63) is 89.6 Å². The number of nitrogens with zero attached hydrogens (tertiary/aromatic N) is 1. The Morgan fingerprint density at radius 2 is 1.68 bits per heavy atom. The zero-order valence-corrected chi connectivity index (χ0v) is 18.4. The van der Waals surface area contributed by atoms with Crippen LogP contribution in [0.4, 0.5) is 4.39 Å². The van der Waals surface area contributed by atoms with E-state index in [1.165, 1.54) is 12.1 Å². The van der Waals surface area contributed by atoms with Crippen LogP contribution in [-0.4, -0.2) is 23.5 Å². The molecule has 0 unspecified atom stereocenters. The Labute approximate surface area is 183 Å². The van der Waals surface area contributed by atoms with Crippen molar-refractivity contribution in [1.29, 1.82) is 0 Å². The predicted octanol–water partition coefficient (Wildman–Crippen LogP) is 6.17. The first-order valence-electron chi connectivity index (χ1n) is 10.8. The van der Waals surface area contributed by atoms with Crippen molar-refractivity contribution >= 4 is 5.91 Å². The third kappa shape index (κ3) is 6.45. The quantitative estimate of drug-likeness (QED) is 0.392. The number of halogens is 1. The zero-order chi connectivity index (χ0) is 22.2. The number of carbonyl (C=O) groups is 1. The Morgan fingerprint density at radius 3 is 2.23 bits per heavy atom. The summed E-state index contributed by atoms with van der Waals surface area (Å²) in [5.41, 5.74) is 2.12. The first-order chi connectivity index (χ1) is 15.0. The SMILES string of the molecule is CCC(=O)N(CC[C@@H](c1ccc(F)cc1)c1ccc(OC(C)C)cc1)Cc1ccco1. The van der Waals surface area contributed by atoms with Gasteiger partial charge in [0.1, 0.15) is 17.3 Å². The Hall–Kier alpha value is -3.08. The molecule has 2 aromatic carbocycles. The van der Waals surface area contributed by atoms with E-state index in [4.69, 9.17) is 9.15 Å². The average molecular weight is 424 g/mol. The maximum atomic E-state index is 13.5. The second-order valence-corrected chi connectivity index (χ2v) is 7.88. The van der Waals surface area contributed by atoms with Gasteiger partial charge in [-0.3, -0.25) is 4.79 Å². The fourth-order valence-corrected chi connectivity index (χ4v) is 3.66.